The molecule has 0 saturated carbocycles. The maximum absolute atomic E-state index is 3.67. The van der Waals surface area contributed by atoms with E-state index in [2.05, 4.69) is 44.2 Å². The van der Waals surface area contributed by atoms with Crippen molar-refractivity contribution in [1.82, 2.24) is 10.2 Å². The van der Waals surface area contributed by atoms with Gasteiger partial charge in [0.1, 0.15) is 0 Å². The number of likely N-dealkylation sites (tertiary alicyclic amines) is 1. The minimum absolute atomic E-state index is 0.387. The first-order chi connectivity index (χ1) is 7.98. The zero-order chi connectivity index (χ0) is 12.9. The van der Waals surface area contributed by atoms with Crippen LogP contribution in [0.2, 0.25) is 0 Å². The Morgan fingerprint density at radius 1 is 1.41 bits per heavy atom. The van der Waals surface area contributed by atoms with Crippen molar-refractivity contribution in [2.45, 2.75) is 63.8 Å². The third-order valence-electron chi connectivity index (χ3n) is 3.83. The van der Waals surface area contributed by atoms with Gasteiger partial charge in [-0.2, -0.15) is 11.8 Å². The molecule has 1 N–H and O–H groups in total. The van der Waals surface area contributed by atoms with Crippen molar-refractivity contribution >= 4 is 11.8 Å². The summed E-state index contributed by atoms with van der Waals surface area (Å²) in [5.41, 5.74) is 0. The number of rotatable bonds is 6. The van der Waals surface area contributed by atoms with Crippen LogP contribution in [0.15, 0.2) is 0 Å². The Morgan fingerprint density at radius 2 is 2.12 bits per heavy atom. The number of piperidine rings is 1. The highest BCUT2D eigenvalue weighted by Crippen LogP contribution is 2.26. The second kappa shape index (κ2) is 7.01. The fourth-order valence-corrected chi connectivity index (χ4v) is 2.84. The molecule has 1 heterocycles. The molecule has 17 heavy (non-hydrogen) atoms. The van der Waals surface area contributed by atoms with Crippen molar-refractivity contribution in [3.05, 3.63) is 0 Å². The van der Waals surface area contributed by atoms with Crippen LogP contribution in [-0.2, 0) is 0 Å². The third kappa shape index (κ3) is 5.19. The summed E-state index contributed by atoms with van der Waals surface area (Å²) in [4.78, 5) is 2.67. The highest BCUT2D eigenvalue weighted by atomic mass is 32.2. The SMILES string of the molecule is CCCNC1CCN(CC(C)(C)SC)C(C)C1. The van der Waals surface area contributed by atoms with Crippen LogP contribution >= 0.6 is 11.8 Å². The fourth-order valence-electron chi connectivity index (χ4n) is 2.54. The Hall–Kier alpha value is 0.270. The molecule has 1 aliphatic rings. The lowest BCUT2D eigenvalue weighted by atomic mass is 9.97. The van der Waals surface area contributed by atoms with E-state index in [4.69, 9.17) is 0 Å². The largest absolute Gasteiger partial charge is 0.314 e. The maximum Gasteiger partial charge on any atom is 0.0228 e. The zero-order valence-electron chi connectivity index (χ0n) is 12.3. The molecule has 0 amide bonds. The molecule has 0 aliphatic carbocycles. The van der Waals surface area contributed by atoms with E-state index in [0.717, 1.165) is 12.1 Å². The molecule has 1 aliphatic heterocycles. The first kappa shape index (κ1) is 15.3. The Morgan fingerprint density at radius 3 is 2.65 bits per heavy atom. The van der Waals surface area contributed by atoms with Crippen LogP contribution in [0.1, 0.15) is 47.0 Å². The average Bonchev–Trinajstić information content (AvgIpc) is 2.29. The second-order valence-electron chi connectivity index (χ2n) is 5.96. The first-order valence-electron chi connectivity index (χ1n) is 7.01. The molecule has 0 radical (unpaired) electrons. The molecule has 2 nitrogen and oxygen atoms in total. The van der Waals surface area contributed by atoms with Gasteiger partial charge in [0.05, 0.1) is 0 Å². The normalized spacial score (nSPS) is 27.4. The Bertz CT molecular complexity index is 218. The van der Waals surface area contributed by atoms with Gasteiger partial charge in [-0.15, -0.1) is 0 Å². The Labute approximate surface area is 112 Å². The van der Waals surface area contributed by atoms with E-state index >= 15 is 0 Å². The Kier molecular flexibility index (Phi) is 6.32. The molecule has 0 aromatic rings. The fraction of sp³-hybridized carbons (Fsp3) is 1.00. The van der Waals surface area contributed by atoms with E-state index in [1.165, 1.54) is 38.9 Å². The molecule has 1 rings (SSSR count). The molecule has 3 heteroatoms. The molecule has 2 atom stereocenters. The van der Waals surface area contributed by atoms with Gasteiger partial charge in [0.2, 0.25) is 0 Å². The lowest BCUT2D eigenvalue weighted by molar-refractivity contribution is 0.128. The smallest absolute Gasteiger partial charge is 0.0228 e. The summed E-state index contributed by atoms with van der Waals surface area (Å²) in [6.07, 6.45) is 6.09. The van der Waals surface area contributed by atoms with E-state index < -0.39 is 0 Å². The third-order valence-corrected chi connectivity index (χ3v) is 5.07. The molecule has 0 bridgehead atoms. The van der Waals surface area contributed by atoms with Crippen LogP contribution in [-0.4, -0.2) is 47.6 Å². The van der Waals surface area contributed by atoms with Gasteiger partial charge in [-0.25, -0.2) is 0 Å². The van der Waals surface area contributed by atoms with Gasteiger partial charge in [-0.3, -0.25) is 4.90 Å². The van der Waals surface area contributed by atoms with Crippen molar-refractivity contribution in [2.75, 3.05) is 25.9 Å². The van der Waals surface area contributed by atoms with Crippen molar-refractivity contribution in [3.63, 3.8) is 0 Å². The van der Waals surface area contributed by atoms with Crippen molar-refractivity contribution < 1.29 is 0 Å². The van der Waals surface area contributed by atoms with Gasteiger partial charge in [-0.1, -0.05) is 6.92 Å². The standard InChI is InChI=1S/C14H30N2S/c1-6-8-15-13-7-9-16(12(2)10-13)11-14(3,4)17-5/h12-13,15H,6-11H2,1-5H3. The predicted molar refractivity (Wildman–Crippen MR) is 79.9 cm³/mol. The van der Waals surface area contributed by atoms with Crippen LogP contribution in [0.25, 0.3) is 0 Å². The summed E-state index contributed by atoms with van der Waals surface area (Å²) in [7, 11) is 0. The van der Waals surface area contributed by atoms with Crippen LogP contribution < -0.4 is 5.32 Å². The summed E-state index contributed by atoms with van der Waals surface area (Å²) >= 11 is 1.98. The van der Waals surface area contributed by atoms with Gasteiger partial charge in [-0.05, 0) is 59.4 Å². The minimum atomic E-state index is 0.387. The van der Waals surface area contributed by atoms with Crippen molar-refractivity contribution in [3.8, 4) is 0 Å². The highest BCUT2D eigenvalue weighted by Gasteiger charge is 2.29. The Balaban J connectivity index is 2.37. The van der Waals surface area contributed by atoms with E-state index in [1.54, 1.807) is 0 Å². The van der Waals surface area contributed by atoms with Crippen LogP contribution in [0.5, 0.6) is 0 Å². The van der Waals surface area contributed by atoms with Crippen LogP contribution in [0, 0.1) is 0 Å². The number of nitrogens with zero attached hydrogens (tertiary/aromatic N) is 1. The van der Waals surface area contributed by atoms with E-state index in [-0.39, 0.29) is 0 Å². The zero-order valence-corrected chi connectivity index (χ0v) is 13.1. The molecular formula is C14H30N2S. The monoisotopic (exact) mass is 258 g/mol. The summed E-state index contributed by atoms with van der Waals surface area (Å²) < 4.78 is 0.387. The topological polar surface area (TPSA) is 15.3 Å². The van der Waals surface area contributed by atoms with E-state index in [9.17, 15) is 0 Å². The summed E-state index contributed by atoms with van der Waals surface area (Å²) in [6, 6.07) is 1.48. The molecule has 1 saturated heterocycles. The lowest BCUT2D eigenvalue weighted by Crippen LogP contribution is -2.50. The number of nitrogens with one attached hydrogen (secondary N) is 1. The quantitative estimate of drug-likeness (QED) is 0.788. The van der Waals surface area contributed by atoms with Gasteiger partial charge in [0, 0.05) is 23.4 Å². The molecule has 1 fully saturated rings. The molecule has 102 valence electrons. The molecular weight excluding hydrogens is 228 g/mol. The van der Waals surface area contributed by atoms with Crippen molar-refractivity contribution in [1.29, 1.82) is 0 Å². The second-order valence-corrected chi connectivity index (χ2v) is 7.47. The van der Waals surface area contributed by atoms with Gasteiger partial charge < -0.3 is 5.32 Å². The van der Waals surface area contributed by atoms with Gasteiger partial charge in [0.25, 0.3) is 0 Å². The molecule has 0 aromatic carbocycles. The number of thioether (sulfide) groups is 1. The first-order valence-corrected chi connectivity index (χ1v) is 8.23. The van der Waals surface area contributed by atoms with Crippen molar-refractivity contribution in [2.24, 2.45) is 0 Å². The summed E-state index contributed by atoms with van der Waals surface area (Å²) in [5.74, 6) is 0. The van der Waals surface area contributed by atoms with Gasteiger partial charge in [0.15, 0.2) is 0 Å². The number of hydrogen-bond donors (Lipinski definition) is 1. The van der Waals surface area contributed by atoms with Crippen LogP contribution in [0.3, 0.4) is 0 Å². The highest BCUT2D eigenvalue weighted by molar-refractivity contribution is 7.99. The van der Waals surface area contributed by atoms with E-state index in [0.29, 0.717) is 4.75 Å². The van der Waals surface area contributed by atoms with Crippen LogP contribution in [0.4, 0.5) is 0 Å². The van der Waals surface area contributed by atoms with Gasteiger partial charge >= 0.3 is 0 Å². The number of hydrogen-bond acceptors (Lipinski definition) is 3. The minimum Gasteiger partial charge on any atom is -0.314 e. The van der Waals surface area contributed by atoms with E-state index in [1.807, 2.05) is 11.8 Å². The maximum atomic E-state index is 3.67. The average molecular weight is 258 g/mol. The summed E-state index contributed by atoms with van der Waals surface area (Å²) in [6.45, 7) is 13.0. The lowest BCUT2D eigenvalue weighted by Gasteiger charge is -2.41. The molecule has 0 spiro atoms. The molecule has 0 aromatic heterocycles. The predicted octanol–water partition coefficient (Wildman–Crippen LogP) is 2.98. The summed E-state index contributed by atoms with van der Waals surface area (Å²) in [5, 5.41) is 3.67. The molecule has 2 unspecified atom stereocenters.